The number of anilines is 2. The van der Waals surface area contributed by atoms with E-state index in [0.717, 1.165) is 42.0 Å². The Hall–Kier alpha value is -2.13. The van der Waals surface area contributed by atoms with Gasteiger partial charge in [0.05, 0.1) is 23.5 Å². The van der Waals surface area contributed by atoms with Crippen LogP contribution in [-0.4, -0.2) is 56.1 Å². The molecule has 0 radical (unpaired) electrons. The number of amides is 1. The minimum absolute atomic E-state index is 0.198. The van der Waals surface area contributed by atoms with Gasteiger partial charge >= 0.3 is 5.97 Å². The number of esters is 1. The third-order valence-corrected chi connectivity index (χ3v) is 5.74. The van der Waals surface area contributed by atoms with Crippen LogP contribution in [0.15, 0.2) is 42.5 Å². The summed E-state index contributed by atoms with van der Waals surface area (Å²) in [7, 11) is 0. The van der Waals surface area contributed by atoms with Crippen LogP contribution < -0.4 is 10.2 Å². The predicted octanol–water partition coefficient (Wildman–Crippen LogP) is 3.86. The molecule has 154 valence electrons. The van der Waals surface area contributed by atoms with Crippen molar-refractivity contribution >= 4 is 45.8 Å². The summed E-state index contributed by atoms with van der Waals surface area (Å²) in [6.45, 7) is 8.98. The summed E-state index contributed by atoms with van der Waals surface area (Å²) in [5, 5.41) is 3.00. The Morgan fingerprint density at radius 1 is 1.00 bits per heavy atom. The summed E-state index contributed by atoms with van der Waals surface area (Å²) in [5.74, 6) is -0.588. The maximum atomic E-state index is 12.8. The number of likely N-dealkylation sites (N-methyl/N-ethyl adjacent to an activating group) is 1. The average Bonchev–Trinajstić information content (AvgIpc) is 2.74. The first-order valence-electron chi connectivity index (χ1n) is 9.87. The van der Waals surface area contributed by atoms with E-state index in [0.29, 0.717) is 23.4 Å². The molecule has 1 amide bonds. The quantitative estimate of drug-likeness (QED) is 0.476. The molecule has 0 atom stereocenters. The average molecular weight is 507 g/mol. The molecular weight excluding hydrogens is 481 g/mol. The van der Waals surface area contributed by atoms with E-state index in [9.17, 15) is 9.59 Å². The highest BCUT2D eigenvalue weighted by Gasteiger charge is 2.21. The van der Waals surface area contributed by atoms with E-state index >= 15 is 0 Å². The van der Waals surface area contributed by atoms with Crippen molar-refractivity contribution in [1.82, 2.24) is 4.90 Å². The lowest BCUT2D eigenvalue weighted by Crippen LogP contribution is -2.46. The Balaban J connectivity index is 1.88. The van der Waals surface area contributed by atoms with Crippen molar-refractivity contribution in [3.05, 3.63) is 57.2 Å². The molecule has 1 fully saturated rings. The lowest BCUT2D eigenvalue weighted by atomic mass is 10.1. The first-order chi connectivity index (χ1) is 14.0. The molecule has 0 spiro atoms. The summed E-state index contributed by atoms with van der Waals surface area (Å²) in [6, 6.07) is 12.8. The monoisotopic (exact) mass is 507 g/mol. The summed E-state index contributed by atoms with van der Waals surface area (Å²) in [6.07, 6.45) is 0. The van der Waals surface area contributed by atoms with Crippen LogP contribution in [0, 0.1) is 3.57 Å². The number of nitrogens with zero attached hydrogens (tertiary/aromatic N) is 2. The van der Waals surface area contributed by atoms with Gasteiger partial charge < -0.3 is 19.9 Å². The van der Waals surface area contributed by atoms with Crippen LogP contribution in [0.4, 0.5) is 11.4 Å². The lowest BCUT2D eigenvalue weighted by Gasteiger charge is -2.36. The van der Waals surface area contributed by atoms with Crippen molar-refractivity contribution in [2.45, 2.75) is 13.8 Å². The zero-order chi connectivity index (χ0) is 20.8. The molecule has 3 rings (SSSR count). The number of piperazine rings is 1. The minimum atomic E-state index is -0.389. The van der Waals surface area contributed by atoms with Gasteiger partial charge in [-0.15, -0.1) is 0 Å². The topological polar surface area (TPSA) is 61.9 Å². The van der Waals surface area contributed by atoms with E-state index in [1.54, 1.807) is 31.2 Å². The van der Waals surface area contributed by atoms with Crippen LogP contribution in [0.1, 0.15) is 34.6 Å². The summed E-state index contributed by atoms with van der Waals surface area (Å²) < 4.78 is 6.19. The number of hydrogen-bond donors (Lipinski definition) is 1. The van der Waals surface area contributed by atoms with E-state index in [1.165, 1.54) is 0 Å². The van der Waals surface area contributed by atoms with Gasteiger partial charge in [0.25, 0.3) is 5.91 Å². The maximum absolute atomic E-state index is 12.8. The molecule has 0 unspecified atom stereocenters. The van der Waals surface area contributed by atoms with Gasteiger partial charge in [-0.2, -0.15) is 0 Å². The molecule has 1 saturated heterocycles. The summed E-state index contributed by atoms with van der Waals surface area (Å²) in [4.78, 5) is 29.7. The molecule has 1 heterocycles. The van der Waals surface area contributed by atoms with E-state index in [-0.39, 0.29) is 11.9 Å². The Bertz CT molecular complexity index is 862. The van der Waals surface area contributed by atoms with Crippen molar-refractivity contribution in [2.24, 2.45) is 0 Å². The second-order valence-corrected chi connectivity index (χ2v) is 8.08. The van der Waals surface area contributed by atoms with Crippen molar-refractivity contribution in [1.29, 1.82) is 0 Å². The van der Waals surface area contributed by atoms with Gasteiger partial charge in [0, 0.05) is 35.3 Å². The first-order valence-corrected chi connectivity index (χ1v) is 10.9. The fraction of sp³-hybridized carbons (Fsp3) is 0.364. The number of hydrogen-bond acceptors (Lipinski definition) is 5. The van der Waals surface area contributed by atoms with Crippen molar-refractivity contribution in [2.75, 3.05) is 49.5 Å². The number of carbonyl (C=O) groups is 2. The van der Waals surface area contributed by atoms with Crippen LogP contribution in [-0.2, 0) is 4.74 Å². The van der Waals surface area contributed by atoms with E-state index in [2.05, 4.69) is 44.6 Å². The molecule has 6 nitrogen and oxygen atoms in total. The molecule has 29 heavy (non-hydrogen) atoms. The Kier molecular flexibility index (Phi) is 7.49. The summed E-state index contributed by atoms with van der Waals surface area (Å²) in [5.41, 5.74) is 2.56. The van der Waals surface area contributed by atoms with Gasteiger partial charge in [-0.05, 0) is 78.5 Å². The van der Waals surface area contributed by atoms with Crippen LogP contribution in [0.25, 0.3) is 0 Å². The number of nitrogens with one attached hydrogen (secondary N) is 1. The highest BCUT2D eigenvalue weighted by atomic mass is 127. The normalized spacial score (nSPS) is 14.5. The Labute approximate surface area is 185 Å². The number of benzene rings is 2. The molecule has 2 aromatic rings. The largest absolute Gasteiger partial charge is 0.462 e. The van der Waals surface area contributed by atoms with Gasteiger partial charge in [-0.1, -0.05) is 6.92 Å². The third kappa shape index (κ3) is 5.48. The van der Waals surface area contributed by atoms with Gasteiger partial charge in [0.1, 0.15) is 0 Å². The van der Waals surface area contributed by atoms with Crippen LogP contribution >= 0.6 is 22.6 Å². The first kappa shape index (κ1) is 21.6. The number of halogens is 1. The second-order valence-electron chi connectivity index (χ2n) is 6.83. The van der Waals surface area contributed by atoms with Crippen molar-refractivity contribution in [3.8, 4) is 0 Å². The number of carbonyl (C=O) groups excluding carboxylic acids is 2. The zero-order valence-electron chi connectivity index (χ0n) is 16.8. The minimum Gasteiger partial charge on any atom is -0.462 e. The summed E-state index contributed by atoms with van der Waals surface area (Å²) >= 11 is 2.21. The standard InChI is InChI=1S/C22H26IN3O3/c1-3-25-11-13-26(14-12-25)20-10-7-17(22(28)29-4-2)15-19(20)24-21(27)16-5-8-18(23)9-6-16/h5-10,15H,3-4,11-14H2,1-2H3,(H,24,27). The van der Waals surface area contributed by atoms with Gasteiger partial charge in [-0.25, -0.2) is 4.79 Å². The molecule has 1 N–H and O–H groups in total. The van der Waals surface area contributed by atoms with E-state index < -0.39 is 0 Å². The van der Waals surface area contributed by atoms with Gasteiger partial charge in [-0.3, -0.25) is 4.79 Å². The Morgan fingerprint density at radius 2 is 1.66 bits per heavy atom. The Morgan fingerprint density at radius 3 is 2.28 bits per heavy atom. The third-order valence-electron chi connectivity index (χ3n) is 5.02. The SMILES string of the molecule is CCOC(=O)c1ccc(N2CCN(CC)CC2)c(NC(=O)c2ccc(I)cc2)c1. The lowest BCUT2D eigenvalue weighted by molar-refractivity contribution is 0.0526. The molecule has 7 heteroatoms. The molecule has 1 aliphatic heterocycles. The zero-order valence-corrected chi connectivity index (χ0v) is 18.9. The van der Waals surface area contributed by atoms with E-state index in [4.69, 9.17) is 4.74 Å². The van der Waals surface area contributed by atoms with E-state index in [1.807, 2.05) is 18.2 Å². The van der Waals surface area contributed by atoms with Gasteiger partial charge in [0.15, 0.2) is 0 Å². The highest BCUT2D eigenvalue weighted by Crippen LogP contribution is 2.29. The van der Waals surface area contributed by atoms with Gasteiger partial charge in [0.2, 0.25) is 0 Å². The van der Waals surface area contributed by atoms with Crippen LogP contribution in [0.5, 0.6) is 0 Å². The smallest absolute Gasteiger partial charge is 0.338 e. The maximum Gasteiger partial charge on any atom is 0.338 e. The van der Waals surface area contributed by atoms with Crippen molar-refractivity contribution in [3.63, 3.8) is 0 Å². The fourth-order valence-corrected chi connectivity index (χ4v) is 3.71. The fourth-order valence-electron chi connectivity index (χ4n) is 3.35. The molecule has 0 bridgehead atoms. The molecule has 0 aliphatic carbocycles. The highest BCUT2D eigenvalue weighted by molar-refractivity contribution is 14.1. The van der Waals surface area contributed by atoms with Crippen molar-refractivity contribution < 1.29 is 14.3 Å². The molecule has 1 aliphatic rings. The van der Waals surface area contributed by atoms with Crippen LogP contribution in [0.3, 0.4) is 0 Å². The molecular formula is C22H26IN3O3. The molecule has 0 aromatic heterocycles. The molecule has 0 saturated carbocycles. The number of rotatable bonds is 6. The predicted molar refractivity (Wildman–Crippen MR) is 124 cm³/mol. The molecule has 2 aromatic carbocycles. The second kappa shape index (κ2) is 10.1. The number of ether oxygens (including phenoxy) is 1. The van der Waals surface area contributed by atoms with Crippen LogP contribution in [0.2, 0.25) is 0 Å².